The number of hydrogen-bond donors (Lipinski definition) is 0. The summed E-state index contributed by atoms with van der Waals surface area (Å²) >= 11 is 6.11. The van der Waals surface area contributed by atoms with Crippen LogP contribution in [-0.2, 0) is 0 Å². The lowest BCUT2D eigenvalue weighted by molar-refractivity contribution is 0.102. The standard InChI is InChI=1S/C16H11BrN2OS2/c17-13-8-6-11(7-9-13)14(20)10-21-16-18-15(19-22-16)12-4-2-1-3-5-12/h1-9H,10H2. The van der Waals surface area contributed by atoms with Crippen molar-refractivity contribution in [3.63, 3.8) is 0 Å². The van der Waals surface area contributed by atoms with Gasteiger partial charge in [0.25, 0.3) is 0 Å². The van der Waals surface area contributed by atoms with Gasteiger partial charge in [-0.2, -0.15) is 4.37 Å². The van der Waals surface area contributed by atoms with Gasteiger partial charge >= 0.3 is 0 Å². The van der Waals surface area contributed by atoms with Gasteiger partial charge in [-0.25, -0.2) is 4.98 Å². The quantitative estimate of drug-likeness (QED) is 0.456. The highest BCUT2D eigenvalue weighted by Gasteiger charge is 2.10. The number of Topliss-reactive ketones (excluding diaryl/α,β-unsaturated/α-hetero) is 1. The number of hydrogen-bond acceptors (Lipinski definition) is 5. The Labute approximate surface area is 145 Å². The van der Waals surface area contributed by atoms with Crippen LogP contribution in [0.4, 0.5) is 0 Å². The van der Waals surface area contributed by atoms with Gasteiger partial charge in [0.1, 0.15) is 0 Å². The molecule has 0 atom stereocenters. The van der Waals surface area contributed by atoms with Crippen LogP contribution < -0.4 is 0 Å². The van der Waals surface area contributed by atoms with Crippen LogP contribution in [0.2, 0.25) is 0 Å². The van der Waals surface area contributed by atoms with Crippen molar-refractivity contribution in [3.8, 4) is 11.4 Å². The summed E-state index contributed by atoms with van der Waals surface area (Å²) in [7, 11) is 0. The van der Waals surface area contributed by atoms with Gasteiger partial charge in [0, 0.05) is 15.6 Å². The van der Waals surface area contributed by atoms with Crippen LogP contribution >= 0.6 is 39.2 Å². The third-order valence-corrected chi connectivity index (χ3v) is 5.29. The summed E-state index contributed by atoms with van der Waals surface area (Å²) in [5.74, 6) is 1.17. The van der Waals surface area contributed by atoms with E-state index in [1.165, 1.54) is 23.3 Å². The van der Waals surface area contributed by atoms with Crippen molar-refractivity contribution in [1.29, 1.82) is 0 Å². The molecule has 0 saturated carbocycles. The van der Waals surface area contributed by atoms with Gasteiger partial charge in [-0.3, -0.25) is 4.79 Å². The molecule has 22 heavy (non-hydrogen) atoms. The van der Waals surface area contributed by atoms with Crippen molar-refractivity contribution < 1.29 is 4.79 Å². The highest BCUT2D eigenvalue weighted by molar-refractivity contribution is 9.10. The summed E-state index contributed by atoms with van der Waals surface area (Å²) in [4.78, 5) is 16.6. The number of rotatable bonds is 5. The number of ketones is 1. The molecule has 6 heteroatoms. The number of thioether (sulfide) groups is 1. The second-order valence-corrected chi connectivity index (χ2v) is 7.36. The maximum atomic E-state index is 12.1. The van der Waals surface area contributed by atoms with E-state index < -0.39 is 0 Å². The molecule has 0 aliphatic rings. The number of carbonyl (C=O) groups is 1. The van der Waals surface area contributed by atoms with E-state index in [1.54, 1.807) is 0 Å². The average Bonchev–Trinajstić information content (AvgIpc) is 3.03. The Balaban J connectivity index is 1.64. The molecule has 0 aliphatic heterocycles. The van der Waals surface area contributed by atoms with Crippen LogP contribution in [0.25, 0.3) is 11.4 Å². The second-order valence-electron chi connectivity index (χ2n) is 4.47. The van der Waals surface area contributed by atoms with Crippen molar-refractivity contribution in [2.75, 3.05) is 5.75 Å². The first-order chi connectivity index (χ1) is 10.7. The maximum Gasteiger partial charge on any atom is 0.174 e. The largest absolute Gasteiger partial charge is 0.293 e. The summed E-state index contributed by atoms with van der Waals surface area (Å²) in [5, 5.41) is 0. The fraction of sp³-hybridized carbons (Fsp3) is 0.0625. The molecule has 0 spiro atoms. The highest BCUT2D eigenvalue weighted by Crippen LogP contribution is 2.25. The molecule has 1 heterocycles. The number of carbonyl (C=O) groups excluding carboxylic acids is 1. The molecule has 0 unspecified atom stereocenters. The minimum Gasteiger partial charge on any atom is -0.293 e. The van der Waals surface area contributed by atoms with Crippen LogP contribution in [0.3, 0.4) is 0 Å². The van der Waals surface area contributed by atoms with Gasteiger partial charge in [0.15, 0.2) is 15.9 Å². The molecule has 0 fully saturated rings. The van der Waals surface area contributed by atoms with Crippen molar-refractivity contribution in [2.45, 2.75) is 4.34 Å². The normalized spacial score (nSPS) is 10.6. The molecule has 0 amide bonds. The molecule has 110 valence electrons. The van der Waals surface area contributed by atoms with Crippen LogP contribution in [0.5, 0.6) is 0 Å². The first-order valence-corrected chi connectivity index (χ1v) is 9.08. The molecule has 1 aromatic heterocycles. The molecule has 3 aromatic rings. The predicted molar refractivity (Wildman–Crippen MR) is 94.5 cm³/mol. The van der Waals surface area contributed by atoms with E-state index >= 15 is 0 Å². The lowest BCUT2D eigenvalue weighted by Gasteiger charge is -1.99. The minimum absolute atomic E-state index is 0.0916. The Morgan fingerprint density at radius 2 is 1.82 bits per heavy atom. The molecule has 0 N–H and O–H groups in total. The van der Waals surface area contributed by atoms with Gasteiger partial charge in [-0.05, 0) is 23.7 Å². The van der Waals surface area contributed by atoms with Crippen molar-refractivity contribution >= 4 is 45.0 Å². The minimum atomic E-state index is 0.0916. The molecule has 2 aromatic carbocycles. The van der Waals surface area contributed by atoms with Crippen LogP contribution in [0.15, 0.2) is 63.4 Å². The molecular formula is C16H11BrN2OS2. The summed E-state index contributed by atoms with van der Waals surface area (Å²) in [6.45, 7) is 0. The number of benzene rings is 2. The molecule has 3 nitrogen and oxygen atoms in total. The Bertz CT molecular complexity index is 772. The van der Waals surface area contributed by atoms with Gasteiger partial charge < -0.3 is 0 Å². The maximum absolute atomic E-state index is 12.1. The third-order valence-electron chi connectivity index (χ3n) is 2.93. The summed E-state index contributed by atoms with van der Waals surface area (Å²) in [6, 6.07) is 17.2. The van der Waals surface area contributed by atoms with E-state index in [2.05, 4.69) is 25.3 Å². The van der Waals surface area contributed by atoms with E-state index in [1.807, 2.05) is 54.6 Å². The lowest BCUT2D eigenvalue weighted by atomic mass is 10.2. The van der Waals surface area contributed by atoms with Crippen LogP contribution in [0, 0.1) is 0 Å². The first-order valence-electron chi connectivity index (χ1n) is 6.53. The van der Waals surface area contributed by atoms with Crippen LogP contribution in [-0.4, -0.2) is 20.9 Å². The molecule has 0 bridgehead atoms. The van der Waals surface area contributed by atoms with Gasteiger partial charge in [0.2, 0.25) is 0 Å². The summed E-state index contributed by atoms with van der Waals surface area (Å²) in [5.41, 5.74) is 1.70. The van der Waals surface area contributed by atoms with E-state index in [0.29, 0.717) is 17.1 Å². The van der Waals surface area contributed by atoms with Crippen molar-refractivity contribution in [1.82, 2.24) is 9.36 Å². The SMILES string of the molecule is O=C(CSc1nc(-c2ccccc2)ns1)c1ccc(Br)cc1. The molecule has 0 saturated heterocycles. The van der Waals surface area contributed by atoms with Gasteiger partial charge in [0.05, 0.1) is 5.75 Å². The smallest absolute Gasteiger partial charge is 0.174 e. The molecule has 0 aliphatic carbocycles. The predicted octanol–water partition coefficient (Wildman–Crippen LogP) is 4.94. The zero-order valence-corrected chi connectivity index (χ0v) is 14.6. The third kappa shape index (κ3) is 3.82. The van der Waals surface area contributed by atoms with Gasteiger partial charge in [-0.15, -0.1) is 0 Å². The van der Waals surface area contributed by atoms with E-state index in [4.69, 9.17) is 0 Å². The Morgan fingerprint density at radius 3 is 2.55 bits per heavy atom. The highest BCUT2D eigenvalue weighted by atomic mass is 79.9. The molecule has 3 rings (SSSR count). The van der Waals surface area contributed by atoms with Crippen molar-refractivity contribution in [3.05, 3.63) is 64.6 Å². The van der Waals surface area contributed by atoms with Crippen molar-refractivity contribution in [2.24, 2.45) is 0 Å². The lowest BCUT2D eigenvalue weighted by Crippen LogP contribution is -2.01. The first kappa shape index (κ1) is 15.4. The van der Waals surface area contributed by atoms with Crippen LogP contribution in [0.1, 0.15) is 10.4 Å². The zero-order chi connectivity index (χ0) is 15.4. The molecular weight excluding hydrogens is 380 g/mol. The number of nitrogens with zero attached hydrogens (tertiary/aromatic N) is 2. The summed E-state index contributed by atoms with van der Waals surface area (Å²) in [6.07, 6.45) is 0. The Kier molecular flexibility index (Phi) is 5.02. The number of aromatic nitrogens is 2. The summed E-state index contributed by atoms with van der Waals surface area (Å²) < 4.78 is 6.12. The Hall–Kier alpha value is -1.50. The Morgan fingerprint density at radius 1 is 1.09 bits per heavy atom. The monoisotopic (exact) mass is 390 g/mol. The number of halogens is 1. The topological polar surface area (TPSA) is 42.9 Å². The van der Waals surface area contributed by atoms with E-state index in [-0.39, 0.29) is 5.78 Å². The van der Waals surface area contributed by atoms with E-state index in [9.17, 15) is 4.79 Å². The molecule has 0 radical (unpaired) electrons. The second kappa shape index (κ2) is 7.17. The van der Waals surface area contributed by atoms with Gasteiger partial charge in [-0.1, -0.05) is 70.2 Å². The fourth-order valence-corrected chi connectivity index (χ4v) is 3.59. The fourth-order valence-electron chi connectivity index (χ4n) is 1.82. The average molecular weight is 391 g/mol. The van der Waals surface area contributed by atoms with E-state index in [0.717, 1.165) is 14.4 Å². The zero-order valence-electron chi connectivity index (χ0n) is 11.4.